The molecule has 2 aliphatic rings. The molecule has 2 saturated heterocycles. The van der Waals surface area contributed by atoms with Gasteiger partial charge in [-0.2, -0.15) is 9.97 Å². The molecule has 0 radical (unpaired) electrons. The molecule has 14 nitrogen and oxygen atoms in total. The number of benzene rings is 1. The Hall–Kier alpha value is -3.84. The molecule has 0 bridgehead atoms. The van der Waals surface area contributed by atoms with E-state index in [0.29, 0.717) is 30.0 Å². The summed E-state index contributed by atoms with van der Waals surface area (Å²) in [4.78, 5) is 39.3. The van der Waals surface area contributed by atoms with Crippen molar-refractivity contribution < 1.29 is 44.6 Å². The van der Waals surface area contributed by atoms with Crippen LogP contribution in [-0.2, 0) is 25.5 Å². The van der Waals surface area contributed by atoms with Crippen LogP contribution in [-0.4, -0.2) is 107 Å². The molecule has 0 aliphatic carbocycles. The molecule has 2 fully saturated rings. The van der Waals surface area contributed by atoms with Gasteiger partial charge in [-0.25, -0.2) is 14.6 Å². The monoisotopic (exact) mass is 601 g/mol. The molecule has 4 heterocycles. The highest BCUT2D eigenvalue weighted by Gasteiger charge is 2.58. The summed E-state index contributed by atoms with van der Waals surface area (Å²) in [5, 5.41) is 51.6. The molecule has 5 N–H and O–H groups in total. The third-order valence-electron chi connectivity index (χ3n) is 7.71. The van der Waals surface area contributed by atoms with Crippen molar-refractivity contribution in [2.24, 2.45) is 5.92 Å². The number of imidazole rings is 1. The molecule has 15 heteroatoms. The second kappa shape index (κ2) is 11.4. The number of fused-ring (bicyclic) bond motifs is 1. The first-order chi connectivity index (χ1) is 20.0. The number of aliphatic carboxylic acids is 2. The molecular weight excluding hydrogens is 574 g/mol. The van der Waals surface area contributed by atoms with E-state index in [0.717, 1.165) is 6.42 Å². The smallest absolute Gasteiger partial charge is 0.348 e. The van der Waals surface area contributed by atoms with E-state index in [1.54, 1.807) is 30.3 Å². The lowest BCUT2D eigenvalue weighted by Crippen LogP contribution is -2.55. The van der Waals surface area contributed by atoms with Crippen LogP contribution in [0.25, 0.3) is 11.2 Å². The first-order valence-electron chi connectivity index (χ1n) is 13.0. The summed E-state index contributed by atoms with van der Waals surface area (Å²) in [6.07, 6.45) is 2.33. The molecule has 0 amide bonds. The van der Waals surface area contributed by atoms with Gasteiger partial charge in [-0.15, -0.1) is 6.42 Å². The van der Waals surface area contributed by atoms with Crippen LogP contribution in [0.5, 0.6) is 0 Å². The van der Waals surface area contributed by atoms with Crippen molar-refractivity contribution in [3.63, 3.8) is 0 Å². The maximum absolute atomic E-state index is 12.2. The molecule has 2 aliphatic heterocycles. The zero-order valence-electron chi connectivity index (χ0n) is 22.1. The van der Waals surface area contributed by atoms with E-state index in [-0.39, 0.29) is 23.5 Å². The van der Waals surface area contributed by atoms with Crippen LogP contribution in [0, 0.1) is 18.3 Å². The molecule has 1 unspecified atom stereocenters. The van der Waals surface area contributed by atoms with Gasteiger partial charge in [-0.1, -0.05) is 36.3 Å². The van der Waals surface area contributed by atoms with Crippen molar-refractivity contribution in [3.05, 3.63) is 47.5 Å². The van der Waals surface area contributed by atoms with Gasteiger partial charge in [-0.05, 0) is 23.6 Å². The molecule has 0 saturated carbocycles. The van der Waals surface area contributed by atoms with Gasteiger partial charge in [0.1, 0.15) is 12.2 Å². The second-order valence-corrected chi connectivity index (χ2v) is 10.6. The lowest BCUT2D eigenvalue weighted by molar-refractivity contribution is -0.191. The van der Waals surface area contributed by atoms with E-state index >= 15 is 0 Å². The molecule has 222 valence electrons. The standard InChI is InChI=1S/C27H28ClN5O9/c1-2-26(40)17(13-41-27(23(36)37,24(38)39)10-15-6-4-3-5-7-15)42-22(19(26)35)33-14-29-18-20(30-25(28)31-21(18)33)32-9-8-16(11-32)12-34/h1,3-7,14,16-17,19,22,34-35,40H,8-13H2,(H,36,37)(H,38,39)/t16-,17?,19+,22-,26-/m1/s1. The van der Waals surface area contributed by atoms with Crippen molar-refractivity contribution in [2.75, 3.05) is 31.2 Å². The van der Waals surface area contributed by atoms with Crippen molar-refractivity contribution >= 4 is 40.5 Å². The number of nitrogens with zero attached hydrogens (tertiary/aromatic N) is 5. The number of carbonyl (C=O) groups is 2. The number of rotatable bonds is 10. The molecule has 0 spiro atoms. The number of carboxylic acids is 2. The zero-order valence-corrected chi connectivity index (χ0v) is 22.8. The third kappa shape index (κ3) is 5.04. The Kier molecular flexibility index (Phi) is 8.08. The molecule has 42 heavy (non-hydrogen) atoms. The number of hydrogen-bond donors (Lipinski definition) is 5. The molecule has 5 atom stereocenters. The maximum atomic E-state index is 12.2. The van der Waals surface area contributed by atoms with Crippen LogP contribution < -0.4 is 4.90 Å². The predicted molar refractivity (Wildman–Crippen MR) is 146 cm³/mol. The summed E-state index contributed by atoms with van der Waals surface area (Å²) < 4.78 is 12.7. The van der Waals surface area contributed by atoms with E-state index in [1.807, 2.05) is 4.90 Å². The van der Waals surface area contributed by atoms with E-state index in [1.165, 1.54) is 10.9 Å². The quantitative estimate of drug-likeness (QED) is 0.119. The Bertz CT molecular complexity index is 1520. The summed E-state index contributed by atoms with van der Waals surface area (Å²) >= 11 is 6.23. The maximum Gasteiger partial charge on any atom is 0.348 e. The summed E-state index contributed by atoms with van der Waals surface area (Å²) in [6.45, 7) is 0.322. The van der Waals surface area contributed by atoms with Crippen molar-refractivity contribution in [1.82, 2.24) is 19.5 Å². The van der Waals surface area contributed by atoms with Crippen LogP contribution >= 0.6 is 11.6 Å². The summed E-state index contributed by atoms with van der Waals surface area (Å²) in [7, 11) is 0. The van der Waals surface area contributed by atoms with Gasteiger partial charge in [0.2, 0.25) is 5.28 Å². The largest absolute Gasteiger partial charge is 0.479 e. The number of ether oxygens (including phenoxy) is 2. The average molecular weight is 602 g/mol. The minimum atomic E-state index is -2.75. The fourth-order valence-electron chi connectivity index (χ4n) is 5.29. The molecular formula is C27H28ClN5O9. The first kappa shape index (κ1) is 29.6. The van der Waals surface area contributed by atoms with E-state index in [4.69, 9.17) is 27.5 Å². The average Bonchev–Trinajstić information content (AvgIpc) is 3.68. The van der Waals surface area contributed by atoms with Gasteiger partial charge < -0.3 is 39.9 Å². The lowest BCUT2D eigenvalue weighted by atomic mass is 9.92. The number of halogens is 1. The Labute approximate surface area is 244 Å². The summed E-state index contributed by atoms with van der Waals surface area (Å²) in [6, 6.07) is 8.02. The van der Waals surface area contributed by atoms with Gasteiger partial charge in [-0.3, -0.25) is 4.57 Å². The number of carboxylic acid groups (broad SMARTS) is 2. The number of terminal acetylenes is 1. The van der Waals surface area contributed by atoms with Crippen molar-refractivity contribution in [3.8, 4) is 12.3 Å². The third-order valence-corrected chi connectivity index (χ3v) is 7.88. The predicted octanol–water partition coefficient (Wildman–Crippen LogP) is 0.0882. The minimum Gasteiger partial charge on any atom is -0.479 e. The van der Waals surface area contributed by atoms with Crippen LogP contribution in [0.2, 0.25) is 5.28 Å². The highest BCUT2D eigenvalue weighted by atomic mass is 35.5. The Balaban J connectivity index is 1.45. The van der Waals surface area contributed by atoms with Gasteiger partial charge in [0.25, 0.3) is 5.60 Å². The Morgan fingerprint density at radius 3 is 2.57 bits per heavy atom. The van der Waals surface area contributed by atoms with Gasteiger partial charge >= 0.3 is 11.9 Å². The number of anilines is 1. The van der Waals surface area contributed by atoms with E-state index in [2.05, 4.69) is 20.9 Å². The van der Waals surface area contributed by atoms with Crippen LogP contribution in [0.3, 0.4) is 0 Å². The molecule has 3 aromatic rings. The lowest BCUT2D eigenvalue weighted by Gasteiger charge is -2.30. The number of hydrogen-bond acceptors (Lipinski definition) is 11. The van der Waals surface area contributed by atoms with E-state index < -0.39 is 54.6 Å². The highest BCUT2D eigenvalue weighted by Crippen LogP contribution is 2.40. The first-order valence-corrected chi connectivity index (χ1v) is 13.4. The number of aromatic nitrogens is 4. The normalized spacial score (nSPS) is 26.0. The minimum absolute atomic E-state index is 0.0134. The SMILES string of the molecule is C#C[C@@]1(O)C(COC(Cc2ccccc2)(C(=O)O)C(=O)O)O[C@@H](n2cnc3c(N4CC[C@@H](CO)C4)nc(Cl)nc32)[C@@H]1O. The Morgan fingerprint density at radius 2 is 1.95 bits per heavy atom. The zero-order chi connectivity index (χ0) is 30.2. The van der Waals surface area contributed by atoms with Crippen molar-refractivity contribution in [2.45, 2.75) is 42.5 Å². The topological polar surface area (TPSA) is 201 Å². The number of aliphatic hydroxyl groups excluding tert-OH is 2. The summed E-state index contributed by atoms with van der Waals surface area (Å²) in [5.74, 6) is -1.01. The fourth-order valence-corrected chi connectivity index (χ4v) is 5.45. The van der Waals surface area contributed by atoms with Crippen LogP contribution in [0.15, 0.2) is 36.7 Å². The number of aliphatic hydroxyl groups is 3. The van der Waals surface area contributed by atoms with Gasteiger partial charge in [0.05, 0.1) is 12.9 Å². The molecule has 1 aromatic carbocycles. The van der Waals surface area contributed by atoms with Gasteiger partial charge in [0.15, 0.2) is 28.8 Å². The van der Waals surface area contributed by atoms with Crippen molar-refractivity contribution in [1.29, 1.82) is 0 Å². The Morgan fingerprint density at radius 1 is 1.24 bits per heavy atom. The van der Waals surface area contributed by atoms with Crippen LogP contribution in [0.1, 0.15) is 18.2 Å². The molecule has 5 rings (SSSR count). The highest BCUT2D eigenvalue weighted by molar-refractivity contribution is 6.28. The second-order valence-electron chi connectivity index (χ2n) is 10.3. The fraction of sp³-hybridized carbons (Fsp3) is 0.444. The van der Waals surface area contributed by atoms with Crippen LogP contribution in [0.4, 0.5) is 5.82 Å². The molecule has 2 aromatic heterocycles. The summed E-state index contributed by atoms with van der Waals surface area (Å²) in [5.41, 5.74) is -4.32. The van der Waals surface area contributed by atoms with Gasteiger partial charge in [0, 0.05) is 32.0 Å². The van der Waals surface area contributed by atoms with E-state index in [9.17, 15) is 35.1 Å².